The lowest BCUT2D eigenvalue weighted by atomic mass is 10.1. The van der Waals surface area contributed by atoms with Crippen molar-refractivity contribution in [2.24, 2.45) is 0 Å². The van der Waals surface area contributed by atoms with E-state index in [-0.39, 0.29) is 12.1 Å². The number of hydrogen-bond acceptors (Lipinski definition) is 3. The molecule has 0 fully saturated rings. The van der Waals surface area contributed by atoms with Crippen LogP contribution in [0.25, 0.3) is 5.57 Å². The molecule has 4 nitrogen and oxygen atoms in total. The van der Waals surface area contributed by atoms with Crippen LogP contribution < -0.4 is 0 Å². The molecule has 0 aliphatic carbocycles. The van der Waals surface area contributed by atoms with Crippen LogP contribution in [0.15, 0.2) is 60.4 Å². The van der Waals surface area contributed by atoms with E-state index < -0.39 is 23.4 Å². The number of imide groups is 1. The monoisotopic (exact) mass is 297 g/mol. The van der Waals surface area contributed by atoms with E-state index in [9.17, 15) is 19.1 Å². The SMILES string of the molecule is O=C1C(O)=C(c2ccc(F)cc2)C(=O)N1Cc1ccccc1. The molecule has 1 N–H and O–H groups in total. The van der Waals surface area contributed by atoms with Gasteiger partial charge < -0.3 is 5.11 Å². The average molecular weight is 297 g/mol. The van der Waals surface area contributed by atoms with Crippen LogP contribution in [0.3, 0.4) is 0 Å². The minimum atomic E-state index is -0.742. The molecule has 0 spiro atoms. The Morgan fingerprint density at radius 1 is 0.909 bits per heavy atom. The van der Waals surface area contributed by atoms with Gasteiger partial charge in [0, 0.05) is 0 Å². The molecule has 0 unspecified atom stereocenters. The fraction of sp³-hybridized carbons (Fsp3) is 0.0588. The predicted octanol–water partition coefficient (Wildman–Crippen LogP) is 2.66. The fourth-order valence-electron chi connectivity index (χ4n) is 2.35. The summed E-state index contributed by atoms with van der Waals surface area (Å²) >= 11 is 0. The Morgan fingerprint density at radius 2 is 1.55 bits per heavy atom. The Kier molecular flexibility index (Phi) is 3.47. The first-order chi connectivity index (χ1) is 10.6. The van der Waals surface area contributed by atoms with Gasteiger partial charge in [-0.05, 0) is 23.3 Å². The second-order valence-electron chi connectivity index (χ2n) is 4.91. The number of nitrogens with zero attached hydrogens (tertiary/aromatic N) is 1. The Labute approximate surface area is 126 Å². The molecular formula is C17H12FNO3. The summed E-state index contributed by atoms with van der Waals surface area (Å²) in [6.45, 7) is 0.0766. The number of carbonyl (C=O) groups is 2. The summed E-state index contributed by atoms with van der Waals surface area (Å²) in [5.74, 6) is -2.39. The lowest BCUT2D eigenvalue weighted by Crippen LogP contribution is -2.31. The molecule has 0 saturated heterocycles. The van der Waals surface area contributed by atoms with E-state index in [2.05, 4.69) is 0 Å². The Bertz CT molecular complexity index is 766. The van der Waals surface area contributed by atoms with Gasteiger partial charge in [0.2, 0.25) is 0 Å². The van der Waals surface area contributed by atoms with Gasteiger partial charge in [0.05, 0.1) is 12.1 Å². The molecule has 0 bridgehead atoms. The summed E-state index contributed by atoms with van der Waals surface area (Å²) in [5, 5.41) is 9.97. The van der Waals surface area contributed by atoms with Crippen LogP contribution in [0.5, 0.6) is 0 Å². The van der Waals surface area contributed by atoms with Crippen LogP contribution in [0, 0.1) is 5.82 Å². The van der Waals surface area contributed by atoms with E-state index in [4.69, 9.17) is 0 Å². The normalized spacial score (nSPS) is 14.9. The van der Waals surface area contributed by atoms with Crippen LogP contribution in [-0.4, -0.2) is 21.8 Å². The van der Waals surface area contributed by atoms with E-state index in [0.717, 1.165) is 10.5 Å². The van der Waals surface area contributed by atoms with Crippen molar-refractivity contribution >= 4 is 17.4 Å². The first-order valence-corrected chi connectivity index (χ1v) is 6.67. The van der Waals surface area contributed by atoms with Crippen molar-refractivity contribution in [1.82, 2.24) is 4.90 Å². The summed E-state index contributed by atoms with van der Waals surface area (Å²) in [7, 11) is 0. The minimum absolute atomic E-state index is 0.0766. The molecule has 1 aliphatic rings. The number of carbonyl (C=O) groups excluding carboxylic acids is 2. The summed E-state index contributed by atoms with van der Waals surface area (Å²) in [5.41, 5.74) is 0.992. The second-order valence-corrected chi connectivity index (χ2v) is 4.91. The van der Waals surface area contributed by atoms with Gasteiger partial charge in [0.15, 0.2) is 5.76 Å². The van der Waals surface area contributed by atoms with E-state index in [1.54, 1.807) is 24.3 Å². The van der Waals surface area contributed by atoms with E-state index in [1.165, 1.54) is 24.3 Å². The number of amides is 2. The van der Waals surface area contributed by atoms with Crippen molar-refractivity contribution in [2.45, 2.75) is 6.54 Å². The molecule has 0 radical (unpaired) electrons. The van der Waals surface area contributed by atoms with Crippen molar-refractivity contribution in [1.29, 1.82) is 0 Å². The second kappa shape index (κ2) is 5.44. The van der Waals surface area contributed by atoms with E-state index >= 15 is 0 Å². The number of rotatable bonds is 3. The van der Waals surface area contributed by atoms with E-state index in [0.29, 0.717) is 5.56 Å². The highest BCUT2D eigenvalue weighted by Gasteiger charge is 2.39. The maximum Gasteiger partial charge on any atom is 0.296 e. The van der Waals surface area contributed by atoms with Crippen molar-refractivity contribution in [2.75, 3.05) is 0 Å². The summed E-state index contributed by atoms with van der Waals surface area (Å²) < 4.78 is 13.0. The molecule has 2 amide bonds. The maximum atomic E-state index is 13.0. The molecule has 1 aliphatic heterocycles. The first kappa shape index (κ1) is 14.0. The third-order valence-corrected chi connectivity index (χ3v) is 3.46. The predicted molar refractivity (Wildman–Crippen MR) is 77.9 cm³/mol. The molecule has 1 heterocycles. The maximum absolute atomic E-state index is 13.0. The van der Waals surface area contributed by atoms with Gasteiger partial charge >= 0.3 is 0 Å². The lowest BCUT2D eigenvalue weighted by molar-refractivity contribution is -0.138. The molecule has 0 saturated carbocycles. The smallest absolute Gasteiger partial charge is 0.296 e. The van der Waals surface area contributed by atoms with Crippen molar-refractivity contribution in [3.63, 3.8) is 0 Å². The zero-order valence-corrected chi connectivity index (χ0v) is 11.5. The van der Waals surface area contributed by atoms with Gasteiger partial charge in [-0.15, -0.1) is 0 Å². The van der Waals surface area contributed by atoms with Gasteiger partial charge in [-0.3, -0.25) is 14.5 Å². The van der Waals surface area contributed by atoms with Gasteiger partial charge in [-0.1, -0.05) is 42.5 Å². The number of aliphatic hydroxyl groups excluding tert-OH is 1. The van der Waals surface area contributed by atoms with E-state index in [1.807, 2.05) is 6.07 Å². The summed E-state index contributed by atoms with van der Waals surface area (Å²) in [4.78, 5) is 25.5. The molecule has 3 rings (SSSR count). The molecular weight excluding hydrogens is 285 g/mol. The zero-order valence-electron chi connectivity index (χ0n) is 11.5. The average Bonchev–Trinajstić information content (AvgIpc) is 2.73. The Morgan fingerprint density at radius 3 is 2.18 bits per heavy atom. The Hall–Kier alpha value is -2.95. The Balaban J connectivity index is 1.92. The van der Waals surface area contributed by atoms with Gasteiger partial charge in [-0.2, -0.15) is 0 Å². The number of halogens is 1. The molecule has 0 aromatic heterocycles. The van der Waals surface area contributed by atoms with Gasteiger partial charge in [0.25, 0.3) is 11.8 Å². The lowest BCUT2D eigenvalue weighted by Gasteiger charge is -2.14. The molecule has 2 aromatic carbocycles. The zero-order chi connectivity index (χ0) is 15.7. The highest BCUT2D eigenvalue weighted by atomic mass is 19.1. The quantitative estimate of drug-likeness (QED) is 0.886. The van der Waals surface area contributed by atoms with Crippen LogP contribution in [0.2, 0.25) is 0 Å². The highest BCUT2D eigenvalue weighted by Crippen LogP contribution is 2.29. The molecule has 2 aromatic rings. The van der Waals surface area contributed by atoms with Crippen molar-refractivity contribution in [3.8, 4) is 0 Å². The van der Waals surface area contributed by atoms with Gasteiger partial charge in [-0.25, -0.2) is 4.39 Å². The molecule has 22 heavy (non-hydrogen) atoms. The topological polar surface area (TPSA) is 57.6 Å². The highest BCUT2D eigenvalue weighted by molar-refractivity contribution is 6.34. The van der Waals surface area contributed by atoms with Crippen LogP contribution >= 0.6 is 0 Å². The van der Waals surface area contributed by atoms with Crippen LogP contribution in [0.1, 0.15) is 11.1 Å². The fourth-order valence-corrected chi connectivity index (χ4v) is 2.35. The third kappa shape index (κ3) is 2.37. The minimum Gasteiger partial charge on any atom is -0.502 e. The molecule has 110 valence electrons. The first-order valence-electron chi connectivity index (χ1n) is 6.67. The molecule has 0 atom stereocenters. The summed E-state index contributed by atoms with van der Waals surface area (Å²) in [6.07, 6.45) is 0. The number of aliphatic hydroxyl groups is 1. The van der Waals surface area contributed by atoms with Crippen molar-refractivity contribution < 1.29 is 19.1 Å². The largest absolute Gasteiger partial charge is 0.502 e. The van der Waals surface area contributed by atoms with Crippen LogP contribution in [-0.2, 0) is 16.1 Å². The molecule has 5 heteroatoms. The summed E-state index contributed by atoms with van der Waals surface area (Å²) in [6, 6.07) is 14.1. The van der Waals surface area contributed by atoms with Crippen molar-refractivity contribution in [3.05, 3.63) is 77.3 Å². The van der Waals surface area contributed by atoms with Gasteiger partial charge in [0.1, 0.15) is 5.82 Å². The third-order valence-electron chi connectivity index (χ3n) is 3.46. The standard InChI is InChI=1S/C17H12FNO3/c18-13-8-6-12(7-9-13)14-15(20)17(22)19(16(14)21)10-11-4-2-1-3-5-11/h1-9,20H,10H2. The van der Waals surface area contributed by atoms with Crippen LogP contribution in [0.4, 0.5) is 4.39 Å². The number of hydrogen-bond donors (Lipinski definition) is 1. The number of benzene rings is 2.